The van der Waals surface area contributed by atoms with Gasteiger partial charge in [0.15, 0.2) is 0 Å². The number of nitrogens with zero attached hydrogens (tertiary/aromatic N) is 2. The predicted molar refractivity (Wildman–Crippen MR) is 80.2 cm³/mol. The SMILES string of the molecule is CN(C)c1ccc(C=CC2=NC(=O)NC(C(F)(F)F)C2)cc1. The van der Waals surface area contributed by atoms with Gasteiger partial charge >= 0.3 is 12.2 Å². The van der Waals surface area contributed by atoms with Crippen molar-refractivity contribution in [3.05, 3.63) is 35.9 Å². The molecule has 4 nitrogen and oxygen atoms in total. The highest BCUT2D eigenvalue weighted by molar-refractivity contribution is 6.06. The van der Waals surface area contributed by atoms with Gasteiger partial charge in [0.2, 0.25) is 0 Å². The largest absolute Gasteiger partial charge is 0.409 e. The summed E-state index contributed by atoms with van der Waals surface area (Å²) in [7, 11) is 3.83. The standard InChI is InChI=1S/C15H16F3N3O/c1-21(2)12-7-4-10(5-8-12)3-6-11-9-13(15(16,17)18)20-14(22)19-11/h3-8,13H,9H2,1-2H3,(H,20,22). The fourth-order valence-electron chi connectivity index (χ4n) is 2.00. The van der Waals surface area contributed by atoms with Crippen LogP contribution >= 0.6 is 0 Å². The number of amides is 2. The molecule has 2 amide bonds. The van der Waals surface area contributed by atoms with E-state index in [0.717, 1.165) is 11.3 Å². The second-order valence-electron chi connectivity index (χ2n) is 5.17. The number of carbonyl (C=O) groups is 1. The summed E-state index contributed by atoms with van der Waals surface area (Å²) in [5.74, 6) is 0. The third-order valence-corrected chi connectivity index (χ3v) is 3.23. The van der Waals surface area contributed by atoms with E-state index in [1.165, 1.54) is 6.08 Å². The van der Waals surface area contributed by atoms with Gasteiger partial charge in [-0.2, -0.15) is 18.2 Å². The average molecular weight is 311 g/mol. The van der Waals surface area contributed by atoms with Crippen molar-refractivity contribution in [3.8, 4) is 0 Å². The topological polar surface area (TPSA) is 44.7 Å². The minimum absolute atomic E-state index is 0.114. The number of allylic oxidation sites excluding steroid dienone is 1. The Balaban J connectivity index is 2.10. The van der Waals surface area contributed by atoms with Crippen LogP contribution < -0.4 is 10.2 Å². The fourth-order valence-corrected chi connectivity index (χ4v) is 2.00. The molecule has 1 aromatic carbocycles. The molecule has 0 aromatic heterocycles. The number of hydrogen-bond donors (Lipinski definition) is 1. The van der Waals surface area contributed by atoms with Crippen molar-refractivity contribution >= 4 is 23.5 Å². The van der Waals surface area contributed by atoms with Gasteiger partial charge in [0.05, 0.1) is 0 Å². The number of rotatable bonds is 3. The maximum absolute atomic E-state index is 12.7. The van der Waals surface area contributed by atoms with Gasteiger partial charge in [0.25, 0.3) is 0 Å². The lowest BCUT2D eigenvalue weighted by atomic mass is 10.1. The lowest BCUT2D eigenvalue weighted by molar-refractivity contribution is -0.151. The molecule has 0 radical (unpaired) electrons. The minimum atomic E-state index is -4.47. The zero-order chi connectivity index (χ0) is 16.3. The Morgan fingerprint density at radius 1 is 1.23 bits per heavy atom. The van der Waals surface area contributed by atoms with Crippen LogP contribution in [-0.2, 0) is 0 Å². The average Bonchev–Trinajstić information content (AvgIpc) is 2.44. The summed E-state index contributed by atoms with van der Waals surface area (Å²) in [6.07, 6.45) is -1.74. The molecule has 0 fully saturated rings. The zero-order valence-electron chi connectivity index (χ0n) is 12.2. The Labute approximate surface area is 126 Å². The van der Waals surface area contributed by atoms with Crippen molar-refractivity contribution in [2.75, 3.05) is 19.0 Å². The van der Waals surface area contributed by atoms with Crippen LogP contribution in [0.25, 0.3) is 6.08 Å². The van der Waals surface area contributed by atoms with Gasteiger partial charge in [0.1, 0.15) is 6.04 Å². The normalized spacial score (nSPS) is 19.0. The van der Waals surface area contributed by atoms with Crippen molar-refractivity contribution in [1.82, 2.24) is 5.32 Å². The Bertz CT molecular complexity index is 603. The van der Waals surface area contributed by atoms with E-state index in [2.05, 4.69) is 4.99 Å². The van der Waals surface area contributed by atoms with E-state index in [4.69, 9.17) is 0 Å². The van der Waals surface area contributed by atoms with Crippen LogP contribution in [0.4, 0.5) is 23.7 Å². The monoisotopic (exact) mass is 311 g/mol. The van der Waals surface area contributed by atoms with E-state index in [-0.39, 0.29) is 12.1 Å². The number of alkyl halides is 3. The van der Waals surface area contributed by atoms with Gasteiger partial charge in [-0.05, 0) is 23.8 Å². The number of carbonyl (C=O) groups excluding carboxylic acids is 1. The first-order valence-electron chi connectivity index (χ1n) is 6.66. The van der Waals surface area contributed by atoms with Crippen LogP contribution in [0.3, 0.4) is 0 Å². The summed E-state index contributed by atoms with van der Waals surface area (Å²) in [4.78, 5) is 16.7. The third-order valence-electron chi connectivity index (χ3n) is 3.23. The Morgan fingerprint density at radius 3 is 2.41 bits per heavy atom. The number of anilines is 1. The molecule has 1 N–H and O–H groups in total. The van der Waals surface area contributed by atoms with E-state index >= 15 is 0 Å². The maximum Gasteiger partial charge on any atom is 0.409 e. The highest BCUT2D eigenvalue weighted by atomic mass is 19.4. The highest BCUT2D eigenvalue weighted by Crippen LogP contribution is 2.25. The number of nitrogens with one attached hydrogen (secondary N) is 1. The van der Waals surface area contributed by atoms with Crippen molar-refractivity contribution in [2.45, 2.75) is 18.6 Å². The molecule has 0 saturated heterocycles. The predicted octanol–water partition coefficient (Wildman–Crippen LogP) is 3.25. The summed E-state index contributed by atoms with van der Waals surface area (Å²) in [6.45, 7) is 0. The minimum Gasteiger partial charge on any atom is -0.378 e. The van der Waals surface area contributed by atoms with Gasteiger partial charge < -0.3 is 10.2 Å². The number of aliphatic imine (C=N–C) groups is 1. The highest BCUT2D eigenvalue weighted by Gasteiger charge is 2.42. The smallest absolute Gasteiger partial charge is 0.378 e. The molecule has 1 atom stereocenters. The molecule has 22 heavy (non-hydrogen) atoms. The quantitative estimate of drug-likeness (QED) is 0.931. The second-order valence-corrected chi connectivity index (χ2v) is 5.17. The molecule has 1 heterocycles. The molecule has 0 aliphatic carbocycles. The fraction of sp³-hybridized carbons (Fsp3) is 0.333. The van der Waals surface area contributed by atoms with Crippen LogP contribution in [0.5, 0.6) is 0 Å². The van der Waals surface area contributed by atoms with E-state index < -0.39 is 18.2 Å². The van der Waals surface area contributed by atoms with E-state index in [1.54, 1.807) is 6.08 Å². The number of urea groups is 1. The van der Waals surface area contributed by atoms with Gasteiger partial charge in [-0.1, -0.05) is 18.2 Å². The lowest BCUT2D eigenvalue weighted by Crippen LogP contribution is -2.48. The van der Waals surface area contributed by atoms with Crippen molar-refractivity contribution in [3.63, 3.8) is 0 Å². The van der Waals surface area contributed by atoms with Gasteiger partial charge in [0, 0.05) is 31.9 Å². The van der Waals surface area contributed by atoms with Crippen LogP contribution in [0, 0.1) is 0 Å². The molecule has 1 unspecified atom stereocenters. The molecule has 1 aliphatic rings. The van der Waals surface area contributed by atoms with E-state index in [0.29, 0.717) is 0 Å². The van der Waals surface area contributed by atoms with Crippen LogP contribution in [0.15, 0.2) is 35.3 Å². The molecular weight excluding hydrogens is 295 g/mol. The Hall–Kier alpha value is -2.31. The van der Waals surface area contributed by atoms with Gasteiger partial charge in [-0.3, -0.25) is 0 Å². The number of halogens is 3. The van der Waals surface area contributed by atoms with Crippen molar-refractivity contribution in [1.29, 1.82) is 0 Å². The molecule has 1 aliphatic heterocycles. The van der Waals surface area contributed by atoms with E-state index in [9.17, 15) is 18.0 Å². The van der Waals surface area contributed by atoms with Crippen LogP contribution in [0.2, 0.25) is 0 Å². The molecule has 2 rings (SSSR count). The van der Waals surface area contributed by atoms with Crippen molar-refractivity contribution < 1.29 is 18.0 Å². The number of benzene rings is 1. The van der Waals surface area contributed by atoms with E-state index in [1.807, 2.05) is 48.6 Å². The van der Waals surface area contributed by atoms with Crippen LogP contribution in [0.1, 0.15) is 12.0 Å². The summed E-state index contributed by atoms with van der Waals surface area (Å²) < 4.78 is 38.0. The second kappa shape index (κ2) is 6.21. The summed E-state index contributed by atoms with van der Waals surface area (Å²) in [6, 6.07) is 4.64. The molecule has 0 saturated carbocycles. The summed E-state index contributed by atoms with van der Waals surface area (Å²) in [5, 5.41) is 1.81. The molecule has 118 valence electrons. The maximum atomic E-state index is 12.7. The summed E-state index contributed by atoms with van der Waals surface area (Å²) >= 11 is 0. The summed E-state index contributed by atoms with van der Waals surface area (Å²) in [5.41, 5.74) is 1.95. The third kappa shape index (κ3) is 4.09. The molecule has 0 spiro atoms. The Morgan fingerprint density at radius 2 is 1.86 bits per heavy atom. The molecular formula is C15H16F3N3O. The first-order chi connectivity index (χ1) is 10.3. The van der Waals surface area contributed by atoms with Crippen LogP contribution in [-0.4, -0.2) is 38.1 Å². The van der Waals surface area contributed by atoms with Crippen molar-refractivity contribution in [2.24, 2.45) is 4.99 Å². The van der Waals surface area contributed by atoms with Gasteiger partial charge in [-0.25, -0.2) is 4.79 Å². The molecule has 7 heteroatoms. The molecule has 1 aromatic rings. The lowest BCUT2D eigenvalue weighted by Gasteiger charge is -2.23. The zero-order valence-corrected chi connectivity index (χ0v) is 12.2. The van der Waals surface area contributed by atoms with Gasteiger partial charge in [-0.15, -0.1) is 0 Å². The first kappa shape index (κ1) is 16.1. The first-order valence-corrected chi connectivity index (χ1v) is 6.66. The number of hydrogen-bond acceptors (Lipinski definition) is 2. The Kier molecular flexibility index (Phi) is 4.54. The molecule has 0 bridgehead atoms.